The molecule has 1 saturated heterocycles. The van der Waals surface area contributed by atoms with Gasteiger partial charge in [0.05, 0.1) is 13.2 Å². The number of carbonyl (C=O) groups is 3. The highest BCUT2D eigenvalue weighted by Gasteiger charge is 2.46. The monoisotopic (exact) mass is 991 g/mol. The van der Waals surface area contributed by atoms with E-state index in [1.165, 1.54) is 44.6 Å². The molecule has 19 nitrogen and oxygen atoms in total. The number of carbonyl (C=O) groups excluding carboxylic acids is 3. The van der Waals surface area contributed by atoms with Crippen molar-refractivity contribution >= 4 is 39.2 Å². The van der Waals surface area contributed by atoms with Gasteiger partial charge in [0, 0.05) is 25.5 Å². The number of nitrogens with zero attached hydrogens (tertiary/aromatic N) is 2. The maximum Gasteiger partial charge on any atom is 0.481 e. The Morgan fingerprint density at radius 3 is 2.00 bits per heavy atom. The van der Waals surface area contributed by atoms with Crippen LogP contribution < -0.4 is 11.4 Å². The summed E-state index contributed by atoms with van der Waals surface area (Å²) >= 11 is 0. The van der Waals surface area contributed by atoms with E-state index in [0.717, 1.165) is 93.7 Å². The van der Waals surface area contributed by atoms with E-state index in [2.05, 4.69) is 30.1 Å². The van der Waals surface area contributed by atoms with Gasteiger partial charge in [-0.05, 0) is 50.2 Å². The minimum atomic E-state index is -5.44. The third kappa shape index (κ3) is 28.2. The normalized spacial score (nSPS) is 19.8. The van der Waals surface area contributed by atoms with Gasteiger partial charge in [-0.2, -0.15) is 9.29 Å². The van der Waals surface area contributed by atoms with E-state index in [1.807, 2.05) is 12.2 Å². The lowest BCUT2D eigenvalue weighted by molar-refractivity contribution is -0.161. The molecule has 0 aliphatic carbocycles. The molecule has 0 radical (unpaired) electrons. The van der Waals surface area contributed by atoms with Crippen molar-refractivity contribution in [1.82, 2.24) is 9.55 Å². The number of unbranched alkanes of at least 4 members (excludes halogenated alkanes) is 16. The number of anilines is 1. The second-order valence-electron chi connectivity index (χ2n) is 17.5. The van der Waals surface area contributed by atoms with Gasteiger partial charge in [-0.25, -0.2) is 13.9 Å². The van der Waals surface area contributed by atoms with Crippen molar-refractivity contribution in [2.24, 2.45) is 5.92 Å². The van der Waals surface area contributed by atoms with Crippen LogP contribution in [0.1, 0.15) is 175 Å². The number of ether oxygens (including phenoxy) is 3. The predicted octanol–water partition coefficient (Wildman–Crippen LogP) is 8.48. The number of phosphoric acid groups is 2. The number of ketones is 1. The molecule has 67 heavy (non-hydrogen) atoms. The molecule has 2 heterocycles. The Hall–Kier alpha value is -3.09. The first kappa shape index (κ1) is 60.0. The fourth-order valence-electron chi connectivity index (χ4n) is 7.13. The topological polar surface area (TPSA) is 283 Å². The molecular formula is C46H79N3O16P2. The summed E-state index contributed by atoms with van der Waals surface area (Å²) in [4.78, 5) is 73.6. The molecule has 1 fully saturated rings. The van der Waals surface area contributed by atoms with Crippen molar-refractivity contribution in [2.45, 2.75) is 199 Å². The number of rotatable bonds is 39. The Bertz CT molecular complexity index is 1790. The number of aliphatic hydroxyl groups excluding tert-OH is 2. The van der Waals surface area contributed by atoms with Gasteiger partial charge in [-0.3, -0.25) is 28.0 Å². The number of aliphatic hydroxyl groups is 2. The quantitative estimate of drug-likeness (QED) is 0.0136. The third-order valence-electron chi connectivity index (χ3n) is 10.9. The van der Waals surface area contributed by atoms with E-state index < -0.39 is 83.7 Å². The van der Waals surface area contributed by atoms with Crippen molar-refractivity contribution in [3.8, 4) is 0 Å². The SMILES string of the molecule is CCCCCC(=O)/C=C/C=C\CCCCCCCC(=O)O[C@H](COC(=O)CCCCCCCCCCCCC(C)C)COP(=O)(O)OP(=O)(O)OC[C@H]1O[C@@H](n2ccc(N)nc2=O)[C@H](O)[C@@H]1O. The Morgan fingerprint density at radius 2 is 1.37 bits per heavy atom. The van der Waals surface area contributed by atoms with Gasteiger partial charge in [-0.15, -0.1) is 0 Å². The molecule has 384 valence electrons. The van der Waals surface area contributed by atoms with Crippen LogP contribution in [0.15, 0.2) is 41.4 Å². The van der Waals surface area contributed by atoms with E-state index in [1.54, 1.807) is 12.2 Å². The molecule has 1 aromatic heterocycles. The van der Waals surface area contributed by atoms with Crippen LogP contribution in [-0.2, 0) is 51.1 Å². The fraction of sp³-hybridized carbons (Fsp3) is 0.761. The maximum atomic E-state index is 12.8. The van der Waals surface area contributed by atoms with Crippen LogP contribution in [0.4, 0.5) is 5.82 Å². The minimum absolute atomic E-state index is 0.000645. The summed E-state index contributed by atoms with van der Waals surface area (Å²) in [7, 11) is -10.9. The van der Waals surface area contributed by atoms with Crippen molar-refractivity contribution in [2.75, 3.05) is 25.6 Å². The molecule has 1 aliphatic rings. The average Bonchev–Trinajstić information content (AvgIpc) is 3.54. The zero-order valence-corrected chi connectivity index (χ0v) is 41.7. The highest BCUT2D eigenvalue weighted by Crippen LogP contribution is 2.60. The van der Waals surface area contributed by atoms with Crippen LogP contribution in [0.25, 0.3) is 0 Å². The molecule has 0 bridgehead atoms. The molecule has 2 rings (SSSR count). The van der Waals surface area contributed by atoms with E-state index in [4.69, 9.17) is 29.0 Å². The molecule has 0 spiro atoms. The van der Waals surface area contributed by atoms with E-state index >= 15 is 0 Å². The van der Waals surface area contributed by atoms with Crippen molar-refractivity contribution in [3.63, 3.8) is 0 Å². The number of nitrogen functional groups attached to an aromatic ring is 1. The van der Waals surface area contributed by atoms with Crippen molar-refractivity contribution in [1.29, 1.82) is 0 Å². The summed E-state index contributed by atoms with van der Waals surface area (Å²) in [5.41, 5.74) is 4.57. The van der Waals surface area contributed by atoms with Gasteiger partial charge in [0.1, 0.15) is 30.7 Å². The second-order valence-corrected chi connectivity index (χ2v) is 20.5. The molecule has 6 N–H and O–H groups in total. The Morgan fingerprint density at radius 1 is 0.791 bits per heavy atom. The molecular weight excluding hydrogens is 912 g/mol. The highest BCUT2D eigenvalue weighted by molar-refractivity contribution is 7.61. The van der Waals surface area contributed by atoms with E-state index in [-0.39, 0.29) is 24.4 Å². The number of aromatic nitrogens is 2. The summed E-state index contributed by atoms with van der Waals surface area (Å²) in [6.07, 6.45) is 21.2. The largest absolute Gasteiger partial charge is 0.481 e. The Kier molecular flexibility index (Phi) is 30.7. The lowest BCUT2D eigenvalue weighted by atomic mass is 10.0. The molecule has 1 aromatic rings. The van der Waals surface area contributed by atoms with Crippen LogP contribution in [-0.4, -0.2) is 91.5 Å². The van der Waals surface area contributed by atoms with Crippen LogP contribution in [0.3, 0.4) is 0 Å². The first-order valence-corrected chi connectivity index (χ1v) is 27.2. The minimum Gasteiger partial charge on any atom is -0.462 e. The van der Waals surface area contributed by atoms with Crippen molar-refractivity contribution < 1.29 is 71.1 Å². The molecule has 1 aliphatic heterocycles. The third-order valence-corrected chi connectivity index (χ3v) is 13.5. The van der Waals surface area contributed by atoms with Gasteiger partial charge < -0.3 is 39.9 Å². The smallest absolute Gasteiger partial charge is 0.462 e. The molecule has 21 heteroatoms. The molecule has 0 aromatic carbocycles. The predicted molar refractivity (Wildman–Crippen MR) is 252 cm³/mol. The van der Waals surface area contributed by atoms with Crippen molar-refractivity contribution in [3.05, 3.63) is 47.1 Å². The lowest BCUT2D eigenvalue weighted by Crippen LogP contribution is -2.36. The summed E-state index contributed by atoms with van der Waals surface area (Å²) in [6.45, 7) is 4.23. The summed E-state index contributed by atoms with van der Waals surface area (Å²) < 4.78 is 56.6. The fourth-order valence-corrected chi connectivity index (χ4v) is 9.24. The first-order chi connectivity index (χ1) is 31.9. The lowest BCUT2D eigenvalue weighted by Gasteiger charge is -2.21. The Balaban J connectivity index is 1.84. The average molecular weight is 992 g/mol. The van der Waals surface area contributed by atoms with Crippen LogP contribution >= 0.6 is 15.6 Å². The summed E-state index contributed by atoms with van der Waals surface area (Å²) in [6, 6.07) is 1.24. The number of phosphoric ester groups is 2. The summed E-state index contributed by atoms with van der Waals surface area (Å²) in [5, 5.41) is 20.9. The number of esters is 2. The highest BCUT2D eigenvalue weighted by atomic mass is 31.3. The molecule has 7 atom stereocenters. The van der Waals surface area contributed by atoms with E-state index in [0.29, 0.717) is 19.3 Å². The first-order valence-electron chi connectivity index (χ1n) is 24.2. The van der Waals surface area contributed by atoms with Gasteiger partial charge in [0.25, 0.3) is 0 Å². The number of hydrogen-bond donors (Lipinski definition) is 5. The zero-order chi connectivity index (χ0) is 49.5. The van der Waals surface area contributed by atoms with Crippen LogP contribution in [0.5, 0.6) is 0 Å². The molecule has 0 saturated carbocycles. The number of nitrogens with two attached hydrogens (primary N) is 1. The number of allylic oxidation sites excluding steroid dienone is 4. The standard InChI is InChI=1S/C46H79N3O16P2/c1-4-5-21-27-37(50)28-23-18-14-10-8-12-16-20-25-30-42(52)63-38(33-60-41(51)29-24-19-15-11-7-6-9-13-17-22-26-36(2)3)34-61-66(56,57)65-67(58,59)62-35-39-43(53)44(54)45(64-39)49-32-31-40(47)48-46(49)55/h14,18,23,28,31-32,36,38-39,43-45,53-54H,4-13,15-17,19-22,24-27,29-30,33-35H2,1-3H3,(H,56,57)(H,58,59)(H2,47,48,55)/b18-14-,28-23+/t38-,39-,43-,44-,45-/m1/s1. The maximum absolute atomic E-state index is 12.8. The van der Waals surface area contributed by atoms with E-state index in [9.17, 15) is 48.3 Å². The van der Waals surface area contributed by atoms with Crippen LogP contribution in [0, 0.1) is 5.92 Å². The van der Waals surface area contributed by atoms with Gasteiger partial charge in [0.2, 0.25) is 0 Å². The second kappa shape index (κ2) is 34.2. The number of hydrogen-bond acceptors (Lipinski definition) is 16. The molecule has 0 amide bonds. The van der Waals surface area contributed by atoms with Gasteiger partial charge >= 0.3 is 33.3 Å². The zero-order valence-electron chi connectivity index (χ0n) is 39.9. The van der Waals surface area contributed by atoms with Gasteiger partial charge in [0.15, 0.2) is 18.1 Å². The molecule has 2 unspecified atom stereocenters. The van der Waals surface area contributed by atoms with Gasteiger partial charge in [-0.1, -0.05) is 135 Å². The summed E-state index contributed by atoms with van der Waals surface area (Å²) in [5.74, 6) is -0.485. The Labute approximate surface area is 396 Å². The van der Waals surface area contributed by atoms with Crippen LogP contribution in [0.2, 0.25) is 0 Å².